The summed E-state index contributed by atoms with van der Waals surface area (Å²) in [7, 11) is 0. The van der Waals surface area contributed by atoms with Crippen molar-refractivity contribution in [2.45, 2.75) is 13.8 Å². The Labute approximate surface area is 71.7 Å². The first-order valence-corrected chi connectivity index (χ1v) is 3.51. The number of esters is 1. The van der Waals surface area contributed by atoms with Crippen molar-refractivity contribution in [1.82, 2.24) is 0 Å². The van der Waals surface area contributed by atoms with Gasteiger partial charge in [-0.05, 0) is 19.4 Å². The second kappa shape index (κ2) is 4.49. The lowest BCUT2D eigenvalue weighted by Gasteiger charge is -2.06. The quantitative estimate of drug-likeness (QED) is 0.276. The second-order valence-electron chi connectivity index (χ2n) is 2.47. The Morgan fingerprint density at radius 2 is 2.00 bits per heavy atom. The SMILES string of the molecule is C=COC(=O)C(C)C(=O)C(=C)C. The summed E-state index contributed by atoms with van der Waals surface area (Å²) in [6.45, 7) is 9.68. The van der Waals surface area contributed by atoms with E-state index in [2.05, 4.69) is 17.9 Å². The monoisotopic (exact) mass is 168 g/mol. The summed E-state index contributed by atoms with van der Waals surface area (Å²) in [6, 6.07) is 0. The van der Waals surface area contributed by atoms with Gasteiger partial charge in [0.1, 0.15) is 5.92 Å². The molecule has 1 atom stereocenters. The molecule has 0 aromatic rings. The summed E-state index contributed by atoms with van der Waals surface area (Å²) < 4.78 is 4.44. The molecule has 3 nitrogen and oxygen atoms in total. The first-order valence-electron chi connectivity index (χ1n) is 3.51. The van der Waals surface area contributed by atoms with E-state index in [-0.39, 0.29) is 5.78 Å². The molecule has 3 heteroatoms. The van der Waals surface area contributed by atoms with Gasteiger partial charge in [0, 0.05) is 0 Å². The molecule has 0 aliphatic carbocycles. The van der Waals surface area contributed by atoms with Crippen molar-refractivity contribution >= 4 is 11.8 Å². The van der Waals surface area contributed by atoms with Crippen LogP contribution in [0.25, 0.3) is 0 Å². The van der Waals surface area contributed by atoms with E-state index < -0.39 is 11.9 Å². The Morgan fingerprint density at radius 3 is 2.33 bits per heavy atom. The highest BCUT2D eigenvalue weighted by Gasteiger charge is 2.22. The average molecular weight is 168 g/mol. The smallest absolute Gasteiger partial charge is 0.321 e. The van der Waals surface area contributed by atoms with Gasteiger partial charge in [-0.15, -0.1) is 0 Å². The molecule has 0 amide bonds. The van der Waals surface area contributed by atoms with Gasteiger partial charge < -0.3 is 4.74 Å². The van der Waals surface area contributed by atoms with Crippen LogP contribution in [0.4, 0.5) is 0 Å². The van der Waals surface area contributed by atoms with Crippen LogP contribution in [0.1, 0.15) is 13.8 Å². The number of allylic oxidation sites excluding steroid dienone is 1. The highest BCUT2D eigenvalue weighted by Crippen LogP contribution is 2.06. The Morgan fingerprint density at radius 1 is 1.50 bits per heavy atom. The van der Waals surface area contributed by atoms with E-state index in [0.717, 1.165) is 6.26 Å². The molecule has 0 spiro atoms. The molecule has 12 heavy (non-hydrogen) atoms. The number of rotatable bonds is 4. The predicted octanol–water partition coefficient (Wildman–Crippen LogP) is 1.45. The van der Waals surface area contributed by atoms with Crippen molar-refractivity contribution in [2.75, 3.05) is 0 Å². The number of ketones is 1. The summed E-state index contributed by atoms with van der Waals surface area (Å²) in [4.78, 5) is 22.1. The third-order valence-corrected chi connectivity index (χ3v) is 1.37. The van der Waals surface area contributed by atoms with Crippen LogP contribution in [0.2, 0.25) is 0 Å². The van der Waals surface area contributed by atoms with Crippen molar-refractivity contribution in [3.8, 4) is 0 Å². The van der Waals surface area contributed by atoms with E-state index in [4.69, 9.17) is 0 Å². The minimum Gasteiger partial charge on any atom is -0.435 e. The van der Waals surface area contributed by atoms with E-state index >= 15 is 0 Å². The van der Waals surface area contributed by atoms with Gasteiger partial charge in [0.15, 0.2) is 5.78 Å². The Hall–Kier alpha value is -1.38. The minimum absolute atomic E-state index is 0.304. The summed E-state index contributed by atoms with van der Waals surface area (Å²) >= 11 is 0. The average Bonchev–Trinajstić information content (AvgIpc) is 2.02. The topological polar surface area (TPSA) is 43.4 Å². The standard InChI is InChI=1S/C9H12O3/c1-5-12-9(11)7(4)8(10)6(2)3/h5,7H,1-2H2,3-4H3. The lowest BCUT2D eigenvalue weighted by atomic mass is 10.0. The van der Waals surface area contributed by atoms with Crippen molar-refractivity contribution in [3.63, 3.8) is 0 Å². The summed E-state index contributed by atoms with van der Waals surface area (Å²) in [5.41, 5.74) is 0.350. The predicted molar refractivity (Wildman–Crippen MR) is 45.3 cm³/mol. The molecular formula is C9H12O3. The summed E-state index contributed by atoms with van der Waals surface area (Å²) in [6.07, 6.45) is 1.00. The largest absolute Gasteiger partial charge is 0.435 e. The maximum atomic E-state index is 11.1. The number of carbonyl (C=O) groups is 2. The zero-order valence-corrected chi connectivity index (χ0v) is 7.29. The number of hydrogen-bond donors (Lipinski definition) is 0. The highest BCUT2D eigenvalue weighted by molar-refractivity contribution is 6.07. The van der Waals surface area contributed by atoms with Crippen molar-refractivity contribution in [1.29, 1.82) is 0 Å². The zero-order valence-electron chi connectivity index (χ0n) is 7.29. The number of carbonyl (C=O) groups excluding carboxylic acids is 2. The number of ether oxygens (including phenoxy) is 1. The van der Waals surface area contributed by atoms with Gasteiger partial charge in [0.2, 0.25) is 0 Å². The lowest BCUT2D eigenvalue weighted by Crippen LogP contribution is -2.22. The molecule has 0 aromatic heterocycles. The molecule has 0 heterocycles. The Bertz CT molecular complexity index is 228. The fraction of sp³-hybridized carbons (Fsp3) is 0.333. The lowest BCUT2D eigenvalue weighted by molar-refractivity contribution is -0.145. The van der Waals surface area contributed by atoms with Crippen LogP contribution >= 0.6 is 0 Å². The van der Waals surface area contributed by atoms with E-state index in [0.29, 0.717) is 5.57 Å². The highest BCUT2D eigenvalue weighted by atomic mass is 16.5. The van der Waals surface area contributed by atoms with Crippen LogP contribution in [0.5, 0.6) is 0 Å². The van der Waals surface area contributed by atoms with Crippen LogP contribution in [0, 0.1) is 5.92 Å². The molecule has 0 radical (unpaired) electrons. The first-order chi connectivity index (χ1) is 5.50. The van der Waals surface area contributed by atoms with Crippen molar-refractivity contribution in [2.24, 2.45) is 5.92 Å². The van der Waals surface area contributed by atoms with Crippen LogP contribution in [0.15, 0.2) is 25.0 Å². The van der Waals surface area contributed by atoms with Gasteiger partial charge in [-0.2, -0.15) is 0 Å². The molecule has 0 aliphatic heterocycles. The molecule has 0 fully saturated rings. The molecule has 0 saturated heterocycles. The van der Waals surface area contributed by atoms with Gasteiger partial charge >= 0.3 is 5.97 Å². The summed E-state index contributed by atoms with van der Waals surface area (Å²) in [5.74, 6) is -1.69. The molecule has 0 rings (SSSR count). The van der Waals surface area contributed by atoms with Crippen LogP contribution in [-0.2, 0) is 14.3 Å². The van der Waals surface area contributed by atoms with E-state index in [1.165, 1.54) is 6.92 Å². The Kier molecular flexibility index (Phi) is 3.97. The molecule has 0 N–H and O–H groups in total. The molecule has 0 aromatic carbocycles. The molecule has 66 valence electrons. The maximum absolute atomic E-state index is 11.1. The molecular weight excluding hydrogens is 156 g/mol. The fourth-order valence-electron chi connectivity index (χ4n) is 0.661. The molecule has 0 aliphatic rings. The second-order valence-corrected chi connectivity index (χ2v) is 2.47. The molecule has 1 unspecified atom stereocenters. The van der Waals surface area contributed by atoms with E-state index in [1.54, 1.807) is 6.92 Å². The molecule has 0 bridgehead atoms. The zero-order chi connectivity index (χ0) is 9.72. The van der Waals surface area contributed by atoms with E-state index in [9.17, 15) is 9.59 Å². The third-order valence-electron chi connectivity index (χ3n) is 1.37. The first kappa shape index (κ1) is 10.6. The Balaban J connectivity index is 4.28. The minimum atomic E-state index is -0.791. The van der Waals surface area contributed by atoms with Crippen LogP contribution in [0.3, 0.4) is 0 Å². The number of Topliss-reactive ketones (excluding diaryl/α,β-unsaturated/α-hetero) is 1. The van der Waals surface area contributed by atoms with Gasteiger partial charge in [-0.3, -0.25) is 9.59 Å². The van der Waals surface area contributed by atoms with Crippen LogP contribution in [-0.4, -0.2) is 11.8 Å². The van der Waals surface area contributed by atoms with Gasteiger partial charge in [0.05, 0.1) is 6.26 Å². The third kappa shape index (κ3) is 2.70. The molecule has 0 saturated carbocycles. The number of hydrogen-bond acceptors (Lipinski definition) is 3. The van der Waals surface area contributed by atoms with Crippen molar-refractivity contribution < 1.29 is 14.3 Å². The van der Waals surface area contributed by atoms with Gasteiger partial charge in [-0.25, -0.2) is 0 Å². The van der Waals surface area contributed by atoms with Crippen molar-refractivity contribution in [3.05, 3.63) is 25.0 Å². The fourth-order valence-corrected chi connectivity index (χ4v) is 0.661. The maximum Gasteiger partial charge on any atom is 0.321 e. The van der Waals surface area contributed by atoms with Gasteiger partial charge in [-0.1, -0.05) is 13.2 Å². The van der Waals surface area contributed by atoms with Gasteiger partial charge in [0.25, 0.3) is 0 Å². The summed E-state index contributed by atoms with van der Waals surface area (Å²) in [5, 5.41) is 0. The van der Waals surface area contributed by atoms with Crippen LogP contribution < -0.4 is 0 Å². The van der Waals surface area contributed by atoms with E-state index in [1.807, 2.05) is 0 Å². The normalized spacial score (nSPS) is 11.5.